The molecule has 0 fully saturated rings. The van der Waals surface area contributed by atoms with Crippen LogP contribution in [0, 0.1) is 5.82 Å². The van der Waals surface area contributed by atoms with Crippen LogP contribution < -0.4 is 4.74 Å². The zero-order valence-corrected chi connectivity index (χ0v) is 17.7. The summed E-state index contributed by atoms with van der Waals surface area (Å²) in [6, 6.07) is 18.5. The van der Waals surface area contributed by atoms with E-state index in [0.29, 0.717) is 19.0 Å². The summed E-state index contributed by atoms with van der Waals surface area (Å²) in [4.78, 5) is 11.2. The van der Waals surface area contributed by atoms with Crippen molar-refractivity contribution in [1.29, 1.82) is 0 Å². The van der Waals surface area contributed by atoms with Crippen LogP contribution >= 0.6 is 11.3 Å². The normalized spacial score (nSPS) is 17.9. The molecule has 3 heterocycles. The van der Waals surface area contributed by atoms with Crippen LogP contribution in [0.2, 0.25) is 0 Å². The summed E-state index contributed by atoms with van der Waals surface area (Å²) in [6.07, 6.45) is 5.39. The first-order valence-electron chi connectivity index (χ1n) is 9.84. The molecule has 0 aliphatic carbocycles. The van der Waals surface area contributed by atoms with Gasteiger partial charge in [-0.15, -0.1) is 11.3 Å². The lowest BCUT2D eigenvalue weighted by Gasteiger charge is -2.25. The Morgan fingerprint density at radius 2 is 1.84 bits per heavy atom. The lowest BCUT2D eigenvalue weighted by molar-refractivity contribution is 0.236. The summed E-state index contributed by atoms with van der Waals surface area (Å²) in [6.45, 7) is 0.931. The number of hydrogen-bond donors (Lipinski definition) is 0. The Morgan fingerprint density at radius 1 is 1.06 bits per heavy atom. The van der Waals surface area contributed by atoms with Crippen molar-refractivity contribution in [2.75, 3.05) is 13.7 Å². The van der Waals surface area contributed by atoms with Gasteiger partial charge in [0.1, 0.15) is 23.7 Å². The predicted molar refractivity (Wildman–Crippen MR) is 119 cm³/mol. The lowest BCUT2D eigenvalue weighted by Crippen LogP contribution is -2.31. The summed E-state index contributed by atoms with van der Waals surface area (Å²) < 4.78 is 26.8. The number of rotatable bonds is 6. The van der Waals surface area contributed by atoms with Crippen molar-refractivity contribution in [3.05, 3.63) is 95.6 Å². The molecular formula is C24H20FN3O2S. The van der Waals surface area contributed by atoms with Gasteiger partial charge >= 0.3 is 0 Å². The smallest absolute Gasteiger partial charge is 0.227 e. The molecule has 1 atom stereocenters. The van der Waals surface area contributed by atoms with Crippen LogP contribution in [0.1, 0.15) is 10.4 Å². The van der Waals surface area contributed by atoms with Crippen LogP contribution in [-0.2, 0) is 16.8 Å². The molecule has 156 valence electrons. The molecule has 0 N–H and O–H groups in total. The molecule has 1 unspecified atom stereocenters. The monoisotopic (exact) mass is 433 g/mol. The fraction of sp³-hybridized carbons (Fsp3) is 0.167. The van der Waals surface area contributed by atoms with Crippen LogP contribution in [0.3, 0.4) is 0 Å². The van der Waals surface area contributed by atoms with E-state index >= 15 is 0 Å². The number of halogens is 1. The van der Waals surface area contributed by atoms with Gasteiger partial charge in [0.05, 0.1) is 24.9 Å². The highest BCUT2D eigenvalue weighted by Gasteiger charge is 2.39. The fourth-order valence-corrected chi connectivity index (χ4v) is 4.65. The van der Waals surface area contributed by atoms with E-state index in [1.165, 1.54) is 12.1 Å². The fourth-order valence-electron chi connectivity index (χ4n) is 3.70. The van der Waals surface area contributed by atoms with E-state index in [1.54, 1.807) is 43.1 Å². The summed E-state index contributed by atoms with van der Waals surface area (Å²) in [5.41, 5.74) is 1.37. The van der Waals surface area contributed by atoms with Gasteiger partial charge in [-0.2, -0.15) is 0 Å². The van der Waals surface area contributed by atoms with E-state index in [4.69, 9.17) is 14.5 Å². The van der Waals surface area contributed by atoms with E-state index in [0.717, 1.165) is 26.6 Å². The van der Waals surface area contributed by atoms with E-state index in [-0.39, 0.29) is 5.82 Å². The van der Waals surface area contributed by atoms with Crippen molar-refractivity contribution in [2.45, 2.75) is 12.1 Å². The Balaban J connectivity index is 1.48. The summed E-state index contributed by atoms with van der Waals surface area (Å²) >= 11 is 1.63. The van der Waals surface area contributed by atoms with Crippen molar-refractivity contribution in [3.8, 4) is 16.2 Å². The minimum absolute atomic E-state index is 0.271. The van der Waals surface area contributed by atoms with Crippen molar-refractivity contribution < 1.29 is 13.9 Å². The zero-order chi connectivity index (χ0) is 21.3. The third kappa shape index (κ3) is 3.84. The molecule has 5 rings (SSSR count). The van der Waals surface area contributed by atoms with Gasteiger partial charge in [-0.05, 0) is 59.7 Å². The Hall–Kier alpha value is -3.45. The van der Waals surface area contributed by atoms with E-state index < -0.39 is 5.54 Å². The minimum atomic E-state index is -0.645. The Bertz CT molecular complexity index is 1200. The lowest BCUT2D eigenvalue weighted by atomic mass is 9.91. The molecule has 0 saturated heterocycles. The number of thiophene rings is 1. The largest absolute Gasteiger partial charge is 0.497 e. The maximum absolute atomic E-state index is 13.5. The van der Waals surface area contributed by atoms with Crippen molar-refractivity contribution >= 4 is 17.2 Å². The molecule has 0 bridgehead atoms. The summed E-state index contributed by atoms with van der Waals surface area (Å²) in [5, 5.41) is 0. The summed E-state index contributed by atoms with van der Waals surface area (Å²) in [5.74, 6) is 1.16. The maximum Gasteiger partial charge on any atom is 0.227 e. The number of aliphatic imine (C=N–C) groups is 1. The minimum Gasteiger partial charge on any atom is -0.497 e. The van der Waals surface area contributed by atoms with E-state index in [2.05, 4.69) is 11.1 Å². The number of imidazole rings is 1. The number of aromatic nitrogens is 2. The first kappa shape index (κ1) is 19.5. The van der Waals surface area contributed by atoms with Gasteiger partial charge in [0.2, 0.25) is 5.90 Å². The third-order valence-corrected chi connectivity index (χ3v) is 6.46. The average molecular weight is 434 g/mol. The van der Waals surface area contributed by atoms with Crippen LogP contribution in [0.15, 0.2) is 84.4 Å². The third-order valence-electron chi connectivity index (χ3n) is 5.34. The molecule has 0 saturated carbocycles. The van der Waals surface area contributed by atoms with Crippen LogP contribution in [0.5, 0.6) is 5.75 Å². The SMILES string of the molecule is COc1ccc(-c2ccc(C3=NC(Cn4ccnc4)(c4ccc(F)cc4)CO3)s2)cc1. The molecule has 31 heavy (non-hydrogen) atoms. The molecule has 0 radical (unpaired) electrons. The van der Waals surface area contributed by atoms with Gasteiger partial charge in [-0.1, -0.05) is 12.1 Å². The quantitative estimate of drug-likeness (QED) is 0.423. The Morgan fingerprint density at radius 3 is 2.55 bits per heavy atom. The first-order valence-corrected chi connectivity index (χ1v) is 10.7. The molecule has 4 aromatic rings. The molecule has 5 nitrogen and oxygen atoms in total. The van der Waals surface area contributed by atoms with Gasteiger partial charge in [0.25, 0.3) is 0 Å². The molecule has 2 aromatic carbocycles. The molecule has 1 aliphatic rings. The van der Waals surface area contributed by atoms with Crippen LogP contribution in [0.25, 0.3) is 10.4 Å². The Labute approximate surface area is 183 Å². The maximum atomic E-state index is 13.5. The molecular weight excluding hydrogens is 413 g/mol. The van der Waals surface area contributed by atoms with E-state index in [1.807, 2.05) is 41.1 Å². The molecule has 0 amide bonds. The van der Waals surface area contributed by atoms with Crippen molar-refractivity contribution in [1.82, 2.24) is 9.55 Å². The van der Waals surface area contributed by atoms with Gasteiger partial charge in [-0.3, -0.25) is 0 Å². The number of nitrogens with zero attached hydrogens (tertiary/aromatic N) is 3. The molecule has 1 aliphatic heterocycles. The second kappa shape index (κ2) is 8.00. The number of benzene rings is 2. The molecule has 0 spiro atoms. The predicted octanol–water partition coefficient (Wildman–Crippen LogP) is 5.13. The first-order chi connectivity index (χ1) is 15.1. The molecule has 2 aromatic heterocycles. The number of methoxy groups -OCH3 is 1. The second-order valence-corrected chi connectivity index (χ2v) is 8.46. The topological polar surface area (TPSA) is 48.6 Å². The molecule has 7 heteroatoms. The van der Waals surface area contributed by atoms with Gasteiger partial charge in [0.15, 0.2) is 0 Å². The highest BCUT2D eigenvalue weighted by molar-refractivity contribution is 7.17. The van der Waals surface area contributed by atoms with Crippen LogP contribution in [0.4, 0.5) is 4.39 Å². The van der Waals surface area contributed by atoms with Gasteiger partial charge in [-0.25, -0.2) is 14.4 Å². The average Bonchev–Trinajstić information content (AvgIpc) is 3.56. The zero-order valence-electron chi connectivity index (χ0n) is 16.9. The standard InChI is InChI=1S/C24H20FN3O2S/c1-29-20-8-2-17(3-9-20)21-10-11-22(31-21)23-27-24(15-30-23,14-28-13-12-26-16-28)18-4-6-19(25)7-5-18/h2-13,16H,14-15H2,1H3. The number of ether oxygens (including phenoxy) is 2. The van der Waals surface area contributed by atoms with Crippen molar-refractivity contribution in [2.24, 2.45) is 4.99 Å². The van der Waals surface area contributed by atoms with Gasteiger partial charge < -0.3 is 14.0 Å². The highest BCUT2D eigenvalue weighted by Crippen LogP contribution is 2.37. The number of hydrogen-bond acceptors (Lipinski definition) is 5. The summed E-state index contributed by atoms with van der Waals surface area (Å²) in [7, 11) is 1.66. The second-order valence-electron chi connectivity index (χ2n) is 7.37. The van der Waals surface area contributed by atoms with Crippen LogP contribution in [-0.4, -0.2) is 29.2 Å². The van der Waals surface area contributed by atoms with Gasteiger partial charge in [0, 0.05) is 17.3 Å². The highest BCUT2D eigenvalue weighted by atomic mass is 32.1. The van der Waals surface area contributed by atoms with Crippen molar-refractivity contribution in [3.63, 3.8) is 0 Å². The Kier molecular flexibility index (Phi) is 5.03. The van der Waals surface area contributed by atoms with E-state index in [9.17, 15) is 4.39 Å².